The highest BCUT2D eigenvalue weighted by molar-refractivity contribution is 5.25. The Hall–Kier alpha value is -0.820. The molecular formula is C28H41N. The highest BCUT2D eigenvalue weighted by atomic mass is 15.2. The van der Waals surface area contributed by atoms with Crippen LogP contribution >= 0.6 is 0 Å². The molecule has 0 N–H and O–H groups in total. The van der Waals surface area contributed by atoms with Crippen molar-refractivity contribution in [3.63, 3.8) is 0 Å². The molecule has 0 amide bonds. The van der Waals surface area contributed by atoms with Crippen LogP contribution in [0.25, 0.3) is 0 Å². The quantitative estimate of drug-likeness (QED) is 0.559. The molecule has 158 valence electrons. The van der Waals surface area contributed by atoms with Crippen LogP contribution in [0.4, 0.5) is 0 Å². The van der Waals surface area contributed by atoms with Gasteiger partial charge in [-0.15, -0.1) is 0 Å². The second kappa shape index (κ2) is 6.59. The first-order valence-corrected chi connectivity index (χ1v) is 12.7. The van der Waals surface area contributed by atoms with Crippen LogP contribution < -0.4 is 0 Å². The molecule has 6 aliphatic rings. The summed E-state index contributed by atoms with van der Waals surface area (Å²) in [5, 5.41) is 0. The van der Waals surface area contributed by atoms with Gasteiger partial charge in [0.25, 0.3) is 0 Å². The molecule has 1 nitrogen and oxygen atoms in total. The number of hydrogen-bond acceptors (Lipinski definition) is 1. The van der Waals surface area contributed by atoms with Gasteiger partial charge in [-0.1, -0.05) is 51.1 Å². The van der Waals surface area contributed by atoms with Gasteiger partial charge in [-0.05, 0) is 109 Å². The van der Waals surface area contributed by atoms with Gasteiger partial charge in [-0.3, -0.25) is 0 Å². The van der Waals surface area contributed by atoms with E-state index in [0.717, 1.165) is 41.4 Å². The number of piperidine rings is 1. The second-order valence-corrected chi connectivity index (χ2v) is 12.6. The molecule has 6 bridgehead atoms. The number of benzene rings is 1. The van der Waals surface area contributed by atoms with Crippen molar-refractivity contribution in [3.05, 3.63) is 35.9 Å². The van der Waals surface area contributed by atoms with Gasteiger partial charge < -0.3 is 4.90 Å². The minimum Gasteiger partial charge on any atom is -0.302 e. The summed E-state index contributed by atoms with van der Waals surface area (Å²) in [5.41, 5.74) is 2.76. The molecule has 1 heteroatoms. The van der Waals surface area contributed by atoms with Crippen LogP contribution in [0.2, 0.25) is 0 Å². The van der Waals surface area contributed by atoms with Crippen molar-refractivity contribution < 1.29 is 0 Å². The molecule has 1 aromatic rings. The first kappa shape index (κ1) is 18.9. The third-order valence-corrected chi connectivity index (χ3v) is 11.2. The predicted octanol–water partition coefficient (Wildman–Crippen LogP) is 6.60. The van der Waals surface area contributed by atoms with Crippen molar-refractivity contribution >= 4 is 0 Å². The zero-order chi connectivity index (χ0) is 19.8. The van der Waals surface area contributed by atoms with Gasteiger partial charge in [-0.2, -0.15) is 0 Å². The largest absolute Gasteiger partial charge is 0.302 e. The molecule has 1 aromatic carbocycles. The molecule has 0 aromatic heterocycles. The summed E-state index contributed by atoms with van der Waals surface area (Å²) < 4.78 is 0. The van der Waals surface area contributed by atoms with Crippen molar-refractivity contribution in [2.75, 3.05) is 19.6 Å². The monoisotopic (exact) mass is 391 g/mol. The zero-order valence-corrected chi connectivity index (χ0v) is 18.9. The maximum atomic E-state index is 2.89. The number of likely N-dealkylation sites (tertiary alicyclic amines) is 1. The summed E-state index contributed by atoms with van der Waals surface area (Å²) in [4.78, 5) is 2.89. The second-order valence-electron chi connectivity index (χ2n) is 12.6. The number of nitrogens with zero attached hydrogens (tertiary/aromatic N) is 1. The first-order chi connectivity index (χ1) is 13.9. The average Bonchev–Trinajstić information content (AvgIpc) is 2.82. The number of fused-ring (bicyclic) bond motifs is 2. The lowest BCUT2D eigenvalue weighted by molar-refractivity contribution is -0.0685. The Balaban J connectivity index is 1.18. The predicted molar refractivity (Wildman–Crippen MR) is 121 cm³/mol. The molecule has 8 atom stereocenters. The fourth-order valence-corrected chi connectivity index (χ4v) is 9.33. The summed E-state index contributed by atoms with van der Waals surface area (Å²) in [7, 11) is 0. The Bertz CT molecular complexity index is 753. The maximum Gasteiger partial charge on any atom is 0.00407 e. The smallest absolute Gasteiger partial charge is 0.00407 e. The van der Waals surface area contributed by atoms with E-state index in [-0.39, 0.29) is 0 Å². The molecule has 0 radical (unpaired) electrons. The van der Waals surface area contributed by atoms with Gasteiger partial charge in [0.15, 0.2) is 0 Å². The van der Waals surface area contributed by atoms with Crippen molar-refractivity contribution in [3.8, 4) is 0 Å². The van der Waals surface area contributed by atoms with E-state index in [2.05, 4.69) is 56.0 Å². The molecule has 7 unspecified atom stereocenters. The van der Waals surface area contributed by atoms with Gasteiger partial charge in [0.05, 0.1) is 0 Å². The summed E-state index contributed by atoms with van der Waals surface area (Å²) in [6.45, 7) is 11.8. The lowest BCUT2D eigenvalue weighted by atomic mass is 9.46. The zero-order valence-electron chi connectivity index (χ0n) is 18.9. The standard InChI is InChI=1S/C28H41N/c1-27(2)23-9-11-28(27,3)18-29(17-23)12-10-24-21-13-19-14-22(16-21)26(25(24)15-19)20-7-5-4-6-8-20/h4-8,19,21-26H,9-18H2,1-3H3/t19?,21?,22?,23?,24?,25?,26?,28-/m0/s1. The Labute approximate surface area is 178 Å². The molecular weight excluding hydrogens is 350 g/mol. The first-order valence-electron chi connectivity index (χ1n) is 12.7. The third kappa shape index (κ3) is 2.82. The fourth-order valence-electron chi connectivity index (χ4n) is 9.33. The van der Waals surface area contributed by atoms with E-state index in [9.17, 15) is 0 Å². The summed E-state index contributed by atoms with van der Waals surface area (Å²) in [6.07, 6.45) is 10.5. The number of rotatable bonds is 4. The molecule has 1 saturated heterocycles. The maximum absolute atomic E-state index is 2.89. The van der Waals surface area contributed by atoms with E-state index >= 15 is 0 Å². The van der Waals surface area contributed by atoms with Crippen LogP contribution in [0.3, 0.4) is 0 Å². The topological polar surface area (TPSA) is 3.24 Å². The molecule has 1 heterocycles. The lowest BCUT2D eigenvalue weighted by Crippen LogP contribution is -2.53. The van der Waals surface area contributed by atoms with Crippen molar-refractivity contribution in [2.45, 2.75) is 71.6 Å². The molecule has 0 spiro atoms. The fraction of sp³-hybridized carbons (Fsp3) is 0.786. The van der Waals surface area contributed by atoms with E-state index < -0.39 is 0 Å². The van der Waals surface area contributed by atoms with Gasteiger partial charge in [0.2, 0.25) is 0 Å². The minimum absolute atomic E-state index is 0.546. The molecule has 6 fully saturated rings. The van der Waals surface area contributed by atoms with Crippen molar-refractivity contribution in [1.29, 1.82) is 0 Å². The molecule has 1 aliphatic heterocycles. The van der Waals surface area contributed by atoms with E-state index in [1.807, 2.05) is 0 Å². The molecule has 5 aliphatic carbocycles. The Morgan fingerprint density at radius 1 is 0.966 bits per heavy atom. The van der Waals surface area contributed by atoms with Gasteiger partial charge in [0, 0.05) is 13.1 Å². The van der Waals surface area contributed by atoms with Crippen molar-refractivity contribution in [1.82, 2.24) is 4.90 Å². The van der Waals surface area contributed by atoms with Crippen LogP contribution in [0, 0.1) is 46.3 Å². The van der Waals surface area contributed by atoms with Crippen molar-refractivity contribution in [2.24, 2.45) is 46.3 Å². The van der Waals surface area contributed by atoms with E-state index in [4.69, 9.17) is 0 Å². The molecule has 29 heavy (non-hydrogen) atoms. The molecule has 5 saturated carbocycles. The summed E-state index contributed by atoms with van der Waals surface area (Å²) in [6, 6.07) is 11.6. The van der Waals surface area contributed by atoms with Gasteiger partial charge in [-0.25, -0.2) is 0 Å². The van der Waals surface area contributed by atoms with Crippen LogP contribution in [0.5, 0.6) is 0 Å². The Morgan fingerprint density at radius 3 is 2.55 bits per heavy atom. The van der Waals surface area contributed by atoms with E-state index in [1.54, 1.807) is 12.0 Å². The van der Waals surface area contributed by atoms with Crippen LogP contribution in [0.1, 0.15) is 77.2 Å². The van der Waals surface area contributed by atoms with Crippen LogP contribution in [-0.2, 0) is 0 Å². The lowest BCUT2D eigenvalue weighted by Gasteiger charge is -2.59. The number of hydrogen-bond donors (Lipinski definition) is 0. The molecule has 7 rings (SSSR count). The normalized spacial score (nSPS) is 47.6. The Morgan fingerprint density at radius 2 is 1.76 bits per heavy atom. The van der Waals surface area contributed by atoms with E-state index in [0.29, 0.717) is 10.8 Å². The van der Waals surface area contributed by atoms with Gasteiger partial charge in [0.1, 0.15) is 0 Å². The Kier molecular flexibility index (Phi) is 4.30. The summed E-state index contributed by atoms with van der Waals surface area (Å²) >= 11 is 0. The minimum atomic E-state index is 0.546. The van der Waals surface area contributed by atoms with Crippen LogP contribution in [-0.4, -0.2) is 24.5 Å². The average molecular weight is 392 g/mol. The summed E-state index contributed by atoms with van der Waals surface area (Å²) in [5.74, 6) is 6.86. The van der Waals surface area contributed by atoms with E-state index in [1.165, 1.54) is 58.2 Å². The third-order valence-electron chi connectivity index (χ3n) is 11.2. The van der Waals surface area contributed by atoms with Gasteiger partial charge >= 0.3 is 0 Å². The SMILES string of the molecule is CC1(C)C2CC[C@@]1(C)CN(CCC1C3CC4CC(C3)C(c3ccccc3)C1C4)C2. The van der Waals surface area contributed by atoms with Crippen LogP contribution in [0.15, 0.2) is 30.3 Å². The highest BCUT2D eigenvalue weighted by Crippen LogP contribution is 2.63. The highest BCUT2D eigenvalue weighted by Gasteiger charge is 2.56.